The Kier molecular flexibility index (Phi) is 5.76. The van der Waals surface area contributed by atoms with E-state index in [1.54, 1.807) is 19.2 Å². The predicted octanol–water partition coefficient (Wildman–Crippen LogP) is 2.07. The summed E-state index contributed by atoms with van der Waals surface area (Å²) in [5.74, 6) is 0.329. The summed E-state index contributed by atoms with van der Waals surface area (Å²) in [6.07, 6.45) is 1.04. The molecule has 1 aliphatic rings. The second-order valence-electron chi connectivity index (χ2n) is 4.97. The van der Waals surface area contributed by atoms with Gasteiger partial charge in [0, 0.05) is 45.0 Å². The number of benzene rings is 1. The second kappa shape index (κ2) is 7.57. The first-order chi connectivity index (χ1) is 9.72. The summed E-state index contributed by atoms with van der Waals surface area (Å²) >= 11 is 0. The number of morpholine rings is 1. The van der Waals surface area contributed by atoms with Crippen LogP contribution in [0.4, 0.5) is 4.39 Å². The zero-order chi connectivity index (χ0) is 14.4. The van der Waals surface area contributed by atoms with Crippen molar-refractivity contribution in [3.8, 4) is 5.75 Å². The molecular weight excluding hydrogens is 261 g/mol. The van der Waals surface area contributed by atoms with E-state index in [2.05, 4.69) is 4.90 Å². The van der Waals surface area contributed by atoms with Gasteiger partial charge in [0.1, 0.15) is 11.6 Å². The van der Waals surface area contributed by atoms with Crippen molar-refractivity contribution in [3.63, 3.8) is 0 Å². The molecule has 0 radical (unpaired) electrons. The Hall–Kier alpha value is -1.17. The molecule has 20 heavy (non-hydrogen) atoms. The van der Waals surface area contributed by atoms with Crippen molar-refractivity contribution in [2.75, 3.05) is 40.5 Å². The Balaban J connectivity index is 1.92. The van der Waals surface area contributed by atoms with E-state index in [0.29, 0.717) is 31.1 Å². The maximum atomic E-state index is 13.9. The van der Waals surface area contributed by atoms with Crippen LogP contribution in [0.15, 0.2) is 18.2 Å². The van der Waals surface area contributed by atoms with Gasteiger partial charge in [0.25, 0.3) is 0 Å². The highest BCUT2D eigenvalue weighted by Gasteiger charge is 2.21. The van der Waals surface area contributed by atoms with Crippen molar-refractivity contribution in [3.05, 3.63) is 29.6 Å². The molecule has 1 heterocycles. The first-order valence-electron chi connectivity index (χ1n) is 6.88. The minimum absolute atomic E-state index is 0.171. The molecule has 0 aromatic heterocycles. The zero-order valence-electron chi connectivity index (χ0n) is 12.1. The molecule has 112 valence electrons. The van der Waals surface area contributed by atoms with Crippen molar-refractivity contribution in [2.24, 2.45) is 0 Å². The van der Waals surface area contributed by atoms with Gasteiger partial charge >= 0.3 is 0 Å². The fourth-order valence-electron chi connectivity index (χ4n) is 2.37. The van der Waals surface area contributed by atoms with Crippen LogP contribution in [0.2, 0.25) is 0 Å². The molecule has 0 N–H and O–H groups in total. The van der Waals surface area contributed by atoms with Crippen molar-refractivity contribution in [2.45, 2.75) is 19.1 Å². The van der Waals surface area contributed by atoms with Gasteiger partial charge < -0.3 is 14.2 Å². The van der Waals surface area contributed by atoms with E-state index < -0.39 is 0 Å². The van der Waals surface area contributed by atoms with Crippen molar-refractivity contribution in [1.29, 1.82) is 0 Å². The monoisotopic (exact) mass is 283 g/mol. The number of nitrogens with zero attached hydrogens (tertiary/aromatic N) is 1. The molecular formula is C15H22FNO3. The Morgan fingerprint density at radius 1 is 1.40 bits per heavy atom. The molecule has 1 saturated heterocycles. The van der Waals surface area contributed by atoms with Gasteiger partial charge in [0.05, 0.1) is 19.8 Å². The first kappa shape index (κ1) is 15.2. The van der Waals surface area contributed by atoms with Gasteiger partial charge in [0.15, 0.2) is 0 Å². The van der Waals surface area contributed by atoms with E-state index in [9.17, 15) is 4.39 Å². The third-order valence-electron chi connectivity index (χ3n) is 3.52. The maximum Gasteiger partial charge on any atom is 0.131 e. The number of rotatable bonds is 6. The van der Waals surface area contributed by atoms with Gasteiger partial charge in [-0.3, -0.25) is 4.90 Å². The van der Waals surface area contributed by atoms with Crippen LogP contribution in [0.1, 0.15) is 12.0 Å². The predicted molar refractivity (Wildman–Crippen MR) is 74.5 cm³/mol. The number of ether oxygens (including phenoxy) is 3. The third kappa shape index (κ3) is 4.16. The van der Waals surface area contributed by atoms with Crippen LogP contribution in [0, 0.1) is 5.82 Å². The van der Waals surface area contributed by atoms with E-state index in [1.807, 2.05) is 0 Å². The molecule has 0 saturated carbocycles. The molecule has 0 amide bonds. The molecule has 5 heteroatoms. The molecule has 1 atom stereocenters. The summed E-state index contributed by atoms with van der Waals surface area (Å²) in [6, 6.07) is 5.01. The van der Waals surface area contributed by atoms with E-state index >= 15 is 0 Å². The Morgan fingerprint density at radius 2 is 2.25 bits per heavy atom. The lowest BCUT2D eigenvalue weighted by atomic mass is 10.1. The van der Waals surface area contributed by atoms with Crippen LogP contribution >= 0.6 is 0 Å². The summed E-state index contributed by atoms with van der Waals surface area (Å²) in [4.78, 5) is 2.22. The average Bonchev–Trinajstić information content (AvgIpc) is 2.47. The van der Waals surface area contributed by atoms with E-state index in [0.717, 1.165) is 19.5 Å². The second-order valence-corrected chi connectivity index (χ2v) is 4.97. The van der Waals surface area contributed by atoms with Crippen LogP contribution in [0.5, 0.6) is 5.75 Å². The van der Waals surface area contributed by atoms with Crippen molar-refractivity contribution < 1.29 is 18.6 Å². The highest BCUT2D eigenvalue weighted by atomic mass is 19.1. The summed E-state index contributed by atoms with van der Waals surface area (Å²) in [7, 11) is 3.23. The van der Waals surface area contributed by atoms with E-state index in [1.165, 1.54) is 13.2 Å². The smallest absolute Gasteiger partial charge is 0.131 e. The fourth-order valence-corrected chi connectivity index (χ4v) is 2.37. The number of hydrogen-bond donors (Lipinski definition) is 0. The molecule has 0 aliphatic carbocycles. The maximum absolute atomic E-state index is 13.9. The van der Waals surface area contributed by atoms with Crippen molar-refractivity contribution >= 4 is 0 Å². The molecule has 4 nitrogen and oxygen atoms in total. The minimum Gasteiger partial charge on any atom is -0.497 e. The van der Waals surface area contributed by atoms with Crippen LogP contribution in [0.25, 0.3) is 0 Å². The lowest BCUT2D eigenvalue weighted by molar-refractivity contribution is -0.0435. The normalized spacial score (nSPS) is 20.1. The Bertz CT molecular complexity index is 428. The molecule has 0 unspecified atom stereocenters. The van der Waals surface area contributed by atoms with Gasteiger partial charge in [-0.1, -0.05) is 6.07 Å². The molecule has 0 spiro atoms. The SMILES string of the molecule is COCC[C@H]1CN(Cc2ccc(OC)cc2F)CCO1. The number of methoxy groups -OCH3 is 2. The fraction of sp³-hybridized carbons (Fsp3) is 0.600. The molecule has 1 aliphatic heterocycles. The Labute approximate surface area is 119 Å². The van der Waals surface area contributed by atoms with E-state index in [4.69, 9.17) is 14.2 Å². The largest absolute Gasteiger partial charge is 0.497 e. The quantitative estimate of drug-likeness (QED) is 0.800. The average molecular weight is 283 g/mol. The molecule has 0 bridgehead atoms. The highest BCUT2D eigenvalue weighted by molar-refractivity contribution is 5.28. The van der Waals surface area contributed by atoms with Crippen molar-refractivity contribution in [1.82, 2.24) is 4.90 Å². The topological polar surface area (TPSA) is 30.9 Å². The number of halogens is 1. The molecule has 1 aromatic rings. The van der Waals surface area contributed by atoms with Crippen LogP contribution in [-0.4, -0.2) is 51.5 Å². The summed E-state index contributed by atoms with van der Waals surface area (Å²) in [5, 5.41) is 0. The minimum atomic E-state index is -0.218. The Morgan fingerprint density at radius 3 is 2.95 bits per heavy atom. The van der Waals surface area contributed by atoms with Gasteiger partial charge in [-0.15, -0.1) is 0 Å². The van der Waals surface area contributed by atoms with Gasteiger partial charge in [-0.25, -0.2) is 4.39 Å². The zero-order valence-corrected chi connectivity index (χ0v) is 12.1. The molecule has 1 fully saturated rings. The highest BCUT2D eigenvalue weighted by Crippen LogP contribution is 2.19. The van der Waals surface area contributed by atoms with Crippen LogP contribution in [-0.2, 0) is 16.0 Å². The lowest BCUT2D eigenvalue weighted by Gasteiger charge is -2.33. The standard InChI is InChI=1S/C15H22FNO3/c1-18-7-5-14-11-17(6-8-20-14)10-12-3-4-13(19-2)9-15(12)16/h3-4,9,14H,5-8,10-11H2,1-2H3/t14-/m0/s1. The van der Waals surface area contributed by atoms with E-state index in [-0.39, 0.29) is 11.9 Å². The molecule has 1 aromatic carbocycles. The van der Waals surface area contributed by atoms with Crippen LogP contribution < -0.4 is 4.74 Å². The van der Waals surface area contributed by atoms with Gasteiger partial charge in [-0.05, 0) is 12.5 Å². The lowest BCUT2D eigenvalue weighted by Crippen LogP contribution is -2.42. The summed E-state index contributed by atoms with van der Waals surface area (Å²) in [5.41, 5.74) is 0.693. The van der Waals surface area contributed by atoms with Gasteiger partial charge in [-0.2, -0.15) is 0 Å². The number of hydrogen-bond acceptors (Lipinski definition) is 4. The third-order valence-corrected chi connectivity index (χ3v) is 3.52. The molecule has 2 rings (SSSR count). The van der Waals surface area contributed by atoms with Gasteiger partial charge in [0.2, 0.25) is 0 Å². The summed E-state index contributed by atoms with van der Waals surface area (Å²) in [6.45, 7) is 3.62. The summed E-state index contributed by atoms with van der Waals surface area (Å²) < 4.78 is 29.7. The van der Waals surface area contributed by atoms with Crippen LogP contribution in [0.3, 0.4) is 0 Å². The first-order valence-corrected chi connectivity index (χ1v) is 6.88.